The molecule has 0 saturated heterocycles. The van der Waals surface area contributed by atoms with Crippen molar-refractivity contribution >= 4 is 11.6 Å². The Kier molecular flexibility index (Phi) is 3.72. The highest BCUT2D eigenvalue weighted by molar-refractivity contribution is 5.90. The second-order valence-corrected chi connectivity index (χ2v) is 4.19. The first-order valence-corrected chi connectivity index (χ1v) is 5.86. The van der Waals surface area contributed by atoms with Crippen molar-refractivity contribution in [3.8, 4) is 0 Å². The van der Waals surface area contributed by atoms with Gasteiger partial charge in [-0.3, -0.25) is 14.5 Å². The summed E-state index contributed by atoms with van der Waals surface area (Å²) < 4.78 is 1.85. The predicted octanol–water partition coefficient (Wildman–Crippen LogP) is 1.92. The maximum absolute atomic E-state index is 11.7. The second kappa shape index (κ2) is 5.44. The van der Waals surface area contributed by atoms with Crippen LogP contribution in [-0.2, 0) is 11.3 Å². The van der Waals surface area contributed by atoms with Gasteiger partial charge in [0.1, 0.15) is 0 Å². The Morgan fingerprint density at radius 3 is 2.89 bits per heavy atom. The van der Waals surface area contributed by atoms with Gasteiger partial charge in [0.2, 0.25) is 5.91 Å². The highest BCUT2D eigenvalue weighted by Gasteiger charge is 2.05. The molecule has 5 heteroatoms. The third kappa shape index (κ3) is 3.16. The molecule has 0 aliphatic rings. The number of hydrogen-bond acceptors (Lipinski definition) is 3. The normalized spacial score (nSPS) is 10.3. The van der Waals surface area contributed by atoms with Crippen LogP contribution in [0.25, 0.3) is 0 Å². The van der Waals surface area contributed by atoms with Gasteiger partial charge in [0.25, 0.3) is 0 Å². The first-order valence-electron chi connectivity index (χ1n) is 5.86. The number of carbonyl (C=O) groups is 1. The molecule has 0 atom stereocenters. The molecule has 2 rings (SSSR count). The number of anilines is 1. The summed E-state index contributed by atoms with van der Waals surface area (Å²) in [5.41, 5.74) is 2.76. The van der Waals surface area contributed by atoms with Gasteiger partial charge in [-0.1, -0.05) is 0 Å². The number of amides is 1. The Balaban J connectivity index is 1.87. The first-order chi connectivity index (χ1) is 8.65. The number of hydrogen-bond donors (Lipinski definition) is 1. The molecule has 0 fully saturated rings. The quantitative estimate of drug-likeness (QED) is 0.893. The SMILES string of the molecule is Cc1cc(C)n(CCC(=O)Nc2cccnc2)n1. The molecule has 94 valence electrons. The van der Waals surface area contributed by atoms with E-state index in [9.17, 15) is 4.79 Å². The van der Waals surface area contributed by atoms with Crippen LogP contribution in [0.4, 0.5) is 5.69 Å². The Morgan fingerprint density at radius 1 is 1.44 bits per heavy atom. The number of aryl methyl sites for hydroxylation is 3. The van der Waals surface area contributed by atoms with Crippen LogP contribution in [0, 0.1) is 13.8 Å². The molecule has 2 heterocycles. The molecule has 0 bridgehead atoms. The van der Waals surface area contributed by atoms with Crippen LogP contribution in [0.1, 0.15) is 17.8 Å². The van der Waals surface area contributed by atoms with E-state index in [4.69, 9.17) is 0 Å². The fourth-order valence-corrected chi connectivity index (χ4v) is 1.77. The molecular weight excluding hydrogens is 228 g/mol. The van der Waals surface area contributed by atoms with Crippen LogP contribution < -0.4 is 5.32 Å². The monoisotopic (exact) mass is 244 g/mol. The van der Waals surface area contributed by atoms with E-state index in [-0.39, 0.29) is 5.91 Å². The minimum absolute atomic E-state index is 0.0319. The highest BCUT2D eigenvalue weighted by Crippen LogP contribution is 2.05. The van der Waals surface area contributed by atoms with Gasteiger partial charge < -0.3 is 5.32 Å². The number of carbonyl (C=O) groups excluding carboxylic acids is 1. The Labute approximate surface area is 106 Å². The fourth-order valence-electron chi connectivity index (χ4n) is 1.77. The molecule has 0 unspecified atom stereocenters. The first kappa shape index (κ1) is 12.3. The van der Waals surface area contributed by atoms with Gasteiger partial charge in [0.05, 0.1) is 17.6 Å². The number of rotatable bonds is 4. The van der Waals surface area contributed by atoms with Crippen LogP contribution in [0.3, 0.4) is 0 Å². The lowest BCUT2D eigenvalue weighted by molar-refractivity contribution is -0.116. The highest BCUT2D eigenvalue weighted by atomic mass is 16.1. The third-order valence-corrected chi connectivity index (χ3v) is 2.60. The lowest BCUT2D eigenvalue weighted by Crippen LogP contribution is -2.15. The minimum Gasteiger partial charge on any atom is -0.325 e. The summed E-state index contributed by atoms with van der Waals surface area (Å²) >= 11 is 0. The van der Waals surface area contributed by atoms with Crippen LogP contribution in [0.15, 0.2) is 30.6 Å². The van der Waals surface area contributed by atoms with Crippen molar-refractivity contribution in [2.24, 2.45) is 0 Å². The van der Waals surface area contributed by atoms with Crippen molar-refractivity contribution in [3.63, 3.8) is 0 Å². The zero-order valence-electron chi connectivity index (χ0n) is 10.6. The largest absolute Gasteiger partial charge is 0.325 e. The van der Waals surface area contributed by atoms with Crippen LogP contribution in [0.5, 0.6) is 0 Å². The van der Waals surface area contributed by atoms with Crippen molar-refractivity contribution in [3.05, 3.63) is 42.0 Å². The zero-order chi connectivity index (χ0) is 13.0. The van der Waals surface area contributed by atoms with Gasteiger partial charge in [-0.05, 0) is 32.0 Å². The molecule has 0 radical (unpaired) electrons. The van der Waals surface area contributed by atoms with Gasteiger partial charge in [-0.2, -0.15) is 5.10 Å². The van der Waals surface area contributed by atoms with Crippen molar-refractivity contribution in [1.82, 2.24) is 14.8 Å². The second-order valence-electron chi connectivity index (χ2n) is 4.19. The summed E-state index contributed by atoms with van der Waals surface area (Å²) in [6, 6.07) is 5.60. The lowest BCUT2D eigenvalue weighted by Gasteiger charge is -2.06. The maximum atomic E-state index is 11.7. The van der Waals surface area contributed by atoms with Gasteiger partial charge in [-0.25, -0.2) is 0 Å². The standard InChI is InChI=1S/C13H16N4O/c1-10-8-11(2)17(16-10)7-5-13(18)15-12-4-3-6-14-9-12/h3-4,6,8-9H,5,7H2,1-2H3,(H,15,18). The smallest absolute Gasteiger partial charge is 0.226 e. The van der Waals surface area contributed by atoms with E-state index < -0.39 is 0 Å². The molecule has 2 aromatic rings. The Hall–Kier alpha value is -2.17. The van der Waals surface area contributed by atoms with Crippen LogP contribution in [-0.4, -0.2) is 20.7 Å². The van der Waals surface area contributed by atoms with Crippen LogP contribution in [0.2, 0.25) is 0 Å². The molecule has 0 aliphatic carbocycles. The summed E-state index contributed by atoms with van der Waals surface area (Å²) in [5.74, 6) is -0.0319. The summed E-state index contributed by atoms with van der Waals surface area (Å²) in [5, 5.41) is 7.11. The summed E-state index contributed by atoms with van der Waals surface area (Å²) in [6.45, 7) is 4.52. The molecule has 1 amide bonds. The van der Waals surface area contributed by atoms with Gasteiger partial charge in [0.15, 0.2) is 0 Å². The van der Waals surface area contributed by atoms with E-state index in [2.05, 4.69) is 15.4 Å². The van der Waals surface area contributed by atoms with E-state index in [0.717, 1.165) is 17.1 Å². The third-order valence-electron chi connectivity index (χ3n) is 2.60. The number of pyridine rings is 1. The zero-order valence-corrected chi connectivity index (χ0v) is 10.6. The molecule has 0 saturated carbocycles. The summed E-state index contributed by atoms with van der Waals surface area (Å²) in [7, 11) is 0. The molecule has 18 heavy (non-hydrogen) atoms. The topological polar surface area (TPSA) is 59.8 Å². The van der Waals surface area contributed by atoms with E-state index >= 15 is 0 Å². The maximum Gasteiger partial charge on any atom is 0.226 e. The van der Waals surface area contributed by atoms with E-state index in [0.29, 0.717) is 13.0 Å². The minimum atomic E-state index is -0.0319. The van der Waals surface area contributed by atoms with Gasteiger partial charge in [0, 0.05) is 24.9 Å². The number of nitrogens with zero attached hydrogens (tertiary/aromatic N) is 3. The van der Waals surface area contributed by atoms with E-state index in [1.165, 1.54) is 0 Å². The van der Waals surface area contributed by atoms with Gasteiger partial charge in [-0.15, -0.1) is 0 Å². The Bertz CT molecular complexity index is 533. The van der Waals surface area contributed by atoms with E-state index in [1.54, 1.807) is 18.5 Å². The molecule has 0 aliphatic heterocycles. The molecular formula is C13H16N4O. The molecule has 2 aromatic heterocycles. The van der Waals surface area contributed by atoms with E-state index in [1.807, 2.05) is 30.7 Å². The number of aromatic nitrogens is 3. The Morgan fingerprint density at radius 2 is 2.28 bits per heavy atom. The average Bonchev–Trinajstić information content (AvgIpc) is 2.66. The molecule has 0 aromatic carbocycles. The lowest BCUT2D eigenvalue weighted by atomic mass is 10.3. The van der Waals surface area contributed by atoms with Crippen molar-refractivity contribution in [2.45, 2.75) is 26.8 Å². The molecule has 1 N–H and O–H groups in total. The fraction of sp³-hybridized carbons (Fsp3) is 0.308. The van der Waals surface area contributed by atoms with Gasteiger partial charge >= 0.3 is 0 Å². The van der Waals surface area contributed by atoms with Crippen molar-refractivity contribution in [1.29, 1.82) is 0 Å². The molecule has 0 spiro atoms. The summed E-state index contributed by atoms with van der Waals surface area (Å²) in [6.07, 6.45) is 3.70. The molecule has 5 nitrogen and oxygen atoms in total. The number of nitrogens with one attached hydrogen (secondary N) is 1. The summed E-state index contributed by atoms with van der Waals surface area (Å²) in [4.78, 5) is 15.7. The van der Waals surface area contributed by atoms with Crippen LogP contribution >= 0.6 is 0 Å². The predicted molar refractivity (Wildman–Crippen MR) is 69.2 cm³/mol. The average molecular weight is 244 g/mol. The van der Waals surface area contributed by atoms with Crippen molar-refractivity contribution < 1.29 is 4.79 Å². The van der Waals surface area contributed by atoms with Crippen molar-refractivity contribution in [2.75, 3.05) is 5.32 Å².